The van der Waals surface area contributed by atoms with Crippen molar-refractivity contribution in [3.8, 4) is 11.5 Å². The molecular weight excluding hydrogens is 202 g/mol. The highest BCUT2D eigenvalue weighted by molar-refractivity contribution is 5.31. The molecule has 0 saturated carbocycles. The molecular formula is C13H21NO2. The van der Waals surface area contributed by atoms with E-state index in [4.69, 9.17) is 15.2 Å². The van der Waals surface area contributed by atoms with Gasteiger partial charge in [-0.25, -0.2) is 0 Å². The van der Waals surface area contributed by atoms with Gasteiger partial charge < -0.3 is 15.2 Å². The van der Waals surface area contributed by atoms with Crippen LogP contribution in [0.5, 0.6) is 11.5 Å². The predicted octanol–water partition coefficient (Wildman–Crippen LogP) is 2.45. The van der Waals surface area contributed by atoms with Crippen LogP contribution in [0, 0.1) is 5.92 Å². The number of hydrogen-bond donors (Lipinski definition) is 1. The Balaban J connectivity index is 2.40. The molecule has 0 spiro atoms. The largest absolute Gasteiger partial charge is 0.497 e. The first kappa shape index (κ1) is 12.8. The van der Waals surface area contributed by atoms with Crippen molar-refractivity contribution < 1.29 is 9.47 Å². The van der Waals surface area contributed by atoms with Crippen molar-refractivity contribution in [2.24, 2.45) is 11.7 Å². The standard InChI is InChI=1S/C13H21NO2/c1-3-4-11(9-14)10-16-13-7-5-12(15-2)6-8-13/h5-8,11H,3-4,9-10,14H2,1-2H3. The van der Waals surface area contributed by atoms with Crippen molar-refractivity contribution in [3.63, 3.8) is 0 Å². The molecule has 0 aliphatic heterocycles. The summed E-state index contributed by atoms with van der Waals surface area (Å²) in [6, 6.07) is 7.62. The van der Waals surface area contributed by atoms with Gasteiger partial charge in [-0.1, -0.05) is 13.3 Å². The number of hydrogen-bond acceptors (Lipinski definition) is 3. The molecule has 1 aromatic carbocycles. The molecule has 1 aromatic rings. The first-order valence-electron chi connectivity index (χ1n) is 5.77. The normalized spacial score (nSPS) is 12.2. The quantitative estimate of drug-likeness (QED) is 0.772. The van der Waals surface area contributed by atoms with E-state index in [0.29, 0.717) is 19.1 Å². The molecule has 0 amide bonds. The van der Waals surface area contributed by atoms with Crippen molar-refractivity contribution in [2.45, 2.75) is 19.8 Å². The molecule has 16 heavy (non-hydrogen) atoms. The Hall–Kier alpha value is -1.22. The maximum atomic E-state index is 5.68. The van der Waals surface area contributed by atoms with Crippen molar-refractivity contribution in [2.75, 3.05) is 20.3 Å². The molecule has 1 rings (SSSR count). The minimum atomic E-state index is 0.451. The van der Waals surface area contributed by atoms with Gasteiger partial charge in [-0.15, -0.1) is 0 Å². The lowest BCUT2D eigenvalue weighted by Gasteiger charge is -2.14. The third kappa shape index (κ3) is 4.11. The molecule has 0 radical (unpaired) electrons. The Labute approximate surface area is 97.6 Å². The van der Waals surface area contributed by atoms with E-state index in [2.05, 4.69) is 6.92 Å². The molecule has 0 aliphatic rings. The van der Waals surface area contributed by atoms with Gasteiger partial charge in [-0.2, -0.15) is 0 Å². The number of benzene rings is 1. The Kier molecular flexibility index (Phi) is 5.72. The lowest BCUT2D eigenvalue weighted by molar-refractivity contribution is 0.243. The van der Waals surface area contributed by atoms with Crippen molar-refractivity contribution in [1.29, 1.82) is 0 Å². The van der Waals surface area contributed by atoms with Crippen LogP contribution in [0.3, 0.4) is 0 Å². The second-order valence-electron chi connectivity index (χ2n) is 3.88. The highest BCUT2D eigenvalue weighted by Gasteiger charge is 2.06. The van der Waals surface area contributed by atoms with Crippen LogP contribution in [0.15, 0.2) is 24.3 Å². The van der Waals surface area contributed by atoms with Crippen LogP contribution < -0.4 is 15.2 Å². The van der Waals surface area contributed by atoms with Gasteiger partial charge in [-0.3, -0.25) is 0 Å². The van der Waals surface area contributed by atoms with Gasteiger partial charge in [0.25, 0.3) is 0 Å². The molecule has 0 fully saturated rings. The molecule has 3 heteroatoms. The average Bonchev–Trinajstić information content (AvgIpc) is 2.35. The van der Waals surface area contributed by atoms with Gasteiger partial charge >= 0.3 is 0 Å². The van der Waals surface area contributed by atoms with Gasteiger partial charge in [0.1, 0.15) is 11.5 Å². The fourth-order valence-corrected chi connectivity index (χ4v) is 1.56. The molecule has 0 aromatic heterocycles. The fourth-order valence-electron chi connectivity index (χ4n) is 1.56. The van der Waals surface area contributed by atoms with Crippen molar-refractivity contribution in [1.82, 2.24) is 0 Å². The minimum absolute atomic E-state index is 0.451. The van der Waals surface area contributed by atoms with Crippen LogP contribution >= 0.6 is 0 Å². The minimum Gasteiger partial charge on any atom is -0.497 e. The number of nitrogens with two attached hydrogens (primary N) is 1. The predicted molar refractivity (Wildman–Crippen MR) is 65.9 cm³/mol. The third-order valence-corrected chi connectivity index (χ3v) is 2.58. The molecule has 0 heterocycles. The van der Waals surface area contributed by atoms with Crippen LogP contribution in [-0.4, -0.2) is 20.3 Å². The topological polar surface area (TPSA) is 44.5 Å². The molecule has 90 valence electrons. The summed E-state index contributed by atoms with van der Waals surface area (Å²) >= 11 is 0. The zero-order valence-corrected chi connectivity index (χ0v) is 10.1. The van der Waals surface area contributed by atoms with Gasteiger partial charge in [-0.05, 0) is 37.2 Å². The summed E-state index contributed by atoms with van der Waals surface area (Å²) < 4.78 is 10.8. The Morgan fingerprint density at radius 3 is 2.31 bits per heavy atom. The summed E-state index contributed by atoms with van der Waals surface area (Å²) in [7, 11) is 1.65. The van der Waals surface area contributed by atoms with Crippen LogP contribution in [0.4, 0.5) is 0 Å². The van der Waals surface area contributed by atoms with Crippen molar-refractivity contribution in [3.05, 3.63) is 24.3 Å². The fraction of sp³-hybridized carbons (Fsp3) is 0.538. The molecule has 0 bridgehead atoms. The van der Waals surface area contributed by atoms with Crippen LogP contribution in [0.2, 0.25) is 0 Å². The lowest BCUT2D eigenvalue weighted by atomic mass is 10.1. The maximum Gasteiger partial charge on any atom is 0.119 e. The average molecular weight is 223 g/mol. The van der Waals surface area contributed by atoms with Crippen LogP contribution in [-0.2, 0) is 0 Å². The van der Waals surface area contributed by atoms with E-state index < -0.39 is 0 Å². The Bertz CT molecular complexity index is 284. The molecule has 3 nitrogen and oxygen atoms in total. The van der Waals surface area contributed by atoms with Gasteiger partial charge in [0.2, 0.25) is 0 Å². The molecule has 0 saturated heterocycles. The summed E-state index contributed by atoms with van der Waals surface area (Å²) in [6.07, 6.45) is 2.26. The summed E-state index contributed by atoms with van der Waals surface area (Å²) in [6.45, 7) is 3.54. The zero-order chi connectivity index (χ0) is 11.8. The second-order valence-corrected chi connectivity index (χ2v) is 3.88. The summed E-state index contributed by atoms with van der Waals surface area (Å²) in [5, 5.41) is 0. The van der Waals surface area contributed by atoms with Gasteiger partial charge in [0.05, 0.1) is 13.7 Å². The lowest BCUT2D eigenvalue weighted by Crippen LogP contribution is -2.21. The van der Waals surface area contributed by atoms with E-state index >= 15 is 0 Å². The molecule has 0 aliphatic carbocycles. The monoisotopic (exact) mass is 223 g/mol. The van der Waals surface area contributed by atoms with E-state index in [1.54, 1.807) is 7.11 Å². The number of methoxy groups -OCH3 is 1. The van der Waals surface area contributed by atoms with Crippen LogP contribution in [0.25, 0.3) is 0 Å². The van der Waals surface area contributed by atoms with E-state index in [9.17, 15) is 0 Å². The smallest absolute Gasteiger partial charge is 0.119 e. The maximum absolute atomic E-state index is 5.68. The number of ether oxygens (including phenoxy) is 2. The van der Waals surface area contributed by atoms with Gasteiger partial charge in [0.15, 0.2) is 0 Å². The van der Waals surface area contributed by atoms with Gasteiger partial charge in [0, 0.05) is 5.92 Å². The highest BCUT2D eigenvalue weighted by atomic mass is 16.5. The highest BCUT2D eigenvalue weighted by Crippen LogP contribution is 2.18. The molecule has 1 atom stereocenters. The Morgan fingerprint density at radius 1 is 1.19 bits per heavy atom. The van der Waals surface area contributed by atoms with E-state index in [1.807, 2.05) is 24.3 Å². The second kappa shape index (κ2) is 7.12. The first-order chi connectivity index (χ1) is 7.80. The molecule has 2 N–H and O–H groups in total. The zero-order valence-electron chi connectivity index (χ0n) is 10.1. The van der Waals surface area contributed by atoms with Crippen molar-refractivity contribution >= 4 is 0 Å². The number of rotatable bonds is 7. The summed E-state index contributed by atoms with van der Waals surface area (Å²) in [5.74, 6) is 2.17. The third-order valence-electron chi connectivity index (χ3n) is 2.58. The van der Waals surface area contributed by atoms with Crippen LogP contribution in [0.1, 0.15) is 19.8 Å². The Morgan fingerprint density at radius 2 is 1.81 bits per heavy atom. The SMILES string of the molecule is CCCC(CN)COc1ccc(OC)cc1. The molecule has 1 unspecified atom stereocenters. The van der Waals surface area contributed by atoms with E-state index in [0.717, 1.165) is 24.3 Å². The van der Waals surface area contributed by atoms with E-state index in [1.165, 1.54) is 0 Å². The van der Waals surface area contributed by atoms with E-state index in [-0.39, 0.29) is 0 Å². The summed E-state index contributed by atoms with van der Waals surface area (Å²) in [5.41, 5.74) is 5.67. The first-order valence-corrected chi connectivity index (χ1v) is 5.77. The summed E-state index contributed by atoms with van der Waals surface area (Å²) in [4.78, 5) is 0.